The number of allylic oxidation sites excluding steroid dienone is 2. The second-order valence-corrected chi connectivity index (χ2v) is 8.54. The summed E-state index contributed by atoms with van der Waals surface area (Å²) in [5.41, 5.74) is 3.27. The molecule has 0 aliphatic carbocycles. The van der Waals surface area contributed by atoms with Gasteiger partial charge in [0.05, 0.1) is 5.56 Å². The minimum absolute atomic E-state index is 0.106. The van der Waals surface area contributed by atoms with E-state index in [2.05, 4.69) is 0 Å². The van der Waals surface area contributed by atoms with Gasteiger partial charge in [-0.05, 0) is 83.4 Å². The van der Waals surface area contributed by atoms with Crippen LogP contribution in [0.4, 0.5) is 0 Å². The number of hydrogen-bond donors (Lipinski definition) is 0. The molecule has 0 amide bonds. The van der Waals surface area contributed by atoms with Crippen molar-refractivity contribution in [1.82, 2.24) is 0 Å². The van der Waals surface area contributed by atoms with Gasteiger partial charge in [-0.1, -0.05) is 66.7 Å². The standard InChI is InChI=1S/C32H21ClO5/c33-31(36)26-12-6-22(7-13-26)11-21-30(35)25-16-18-28(19-17-25)38-32(37)27-14-8-23(9-15-27)10-20-29(34)24-4-2-1-3-5-24/h1-21H. The van der Waals surface area contributed by atoms with Gasteiger partial charge in [0, 0.05) is 16.7 Å². The number of rotatable bonds is 9. The van der Waals surface area contributed by atoms with Crippen molar-refractivity contribution in [2.24, 2.45) is 0 Å². The lowest BCUT2D eigenvalue weighted by atomic mass is 10.1. The smallest absolute Gasteiger partial charge is 0.343 e. The number of ketones is 2. The van der Waals surface area contributed by atoms with Gasteiger partial charge in [0.25, 0.3) is 5.24 Å². The molecule has 0 aromatic heterocycles. The molecule has 4 aromatic rings. The molecule has 0 aliphatic rings. The molecule has 5 nitrogen and oxygen atoms in total. The molecule has 38 heavy (non-hydrogen) atoms. The molecule has 6 heteroatoms. The fourth-order valence-corrected chi connectivity index (χ4v) is 3.57. The Morgan fingerprint density at radius 2 is 0.974 bits per heavy atom. The van der Waals surface area contributed by atoms with Gasteiger partial charge in [-0.15, -0.1) is 0 Å². The largest absolute Gasteiger partial charge is 0.423 e. The van der Waals surface area contributed by atoms with Crippen molar-refractivity contribution < 1.29 is 23.9 Å². The summed E-state index contributed by atoms with van der Waals surface area (Å²) in [5.74, 6) is -0.576. The van der Waals surface area contributed by atoms with Crippen molar-refractivity contribution in [3.05, 3.63) is 149 Å². The van der Waals surface area contributed by atoms with Crippen molar-refractivity contribution in [1.29, 1.82) is 0 Å². The molecule has 4 aromatic carbocycles. The molecule has 0 fully saturated rings. The molecule has 0 heterocycles. The van der Waals surface area contributed by atoms with E-state index in [4.69, 9.17) is 16.3 Å². The van der Waals surface area contributed by atoms with Crippen molar-refractivity contribution in [3.63, 3.8) is 0 Å². The maximum absolute atomic E-state index is 12.5. The number of esters is 1. The van der Waals surface area contributed by atoms with Gasteiger partial charge in [0.15, 0.2) is 11.6 Å². The molecule has 0 bridgehead atoms. The van der Waals surface area contributed by atoms with Gasteiger partial charge < -0.3 is 4.74 Å². The lowest BCUT2D eigenvalue weighted by molar-refractivity contribution is 0.0734. The normalized spacial score (nSPS) is 11.0. The van der Waals surface area contributed by atoms with Crippen LogP contribution in [-0.2, 0) is 0 Å². The topological polar surface area (TPSA) is 77.5 Å². The number of benzene rings is 4. The van der Waals surface area contributed by atoms with Crippen molar-refractivity contribution in [2.45, 2.75) is 0 Å². The summed E-state index contributed by atoms with van der Waals surface area (Å²) < 4.78 is 5.41. The summed E-state index contributed by atoms with van der Waals surface area (Å²) in [6.07, 6.45) is 6.22. The Kier molecular flexibility index (Phi) is 8.54. The highest BCUT2D eigenvalue weighted by Crippen LogP contribution is 2.17. The van der Waals surface area contributed by atoms with Gasteiger partial charge in [0.1, 0.15) is 5.75 Å². The molecular formula is C32H21ClO5. The maximum Gasteiger partial charge on any atom is 0.343 e. The van der Waals surface area contributed by atoms with E-state index < -0.39 is 11.2 Å². The van der Waals surface area contributed by atoms with E-state index in [9.17, 15) is 19.2 Å². The minimum atomic E-state index is -0.543. The van der Waals surface area contributed by atoms with Crippen LogP contribution in [0.3, 0.4) is 0 Å². The van der Waals surface area contributed by atoms with Gasteiger partial charge in [-0.2, -0.15) is 0 Å². The van der Waals surface area contributed by atoms with E-state index >= 15 is 0 Å². The third kappa shape index (κ3) is 7.09. The van der Waals surface area contributed by atoms with Crippen LogP contribution in [0.5, 0.6) is 5.75 Å². The van der Waals surface area contributed by atoms with E-state index in [0.29, 0.717) is 28.0 Å². The van der Waals surface area contributed by atoms with Crippen LogP contribution in [0, 0.1) is 0 Å². The predicted molar refractivity (Wildman–Crippen MR) is 148 cm³/mol. The summed E-state index contributed by atoms with van der Waals surface area (Å²) in [7, 11) is 0. The van der Waals surface area contributed by atoms with E-state index in [-0.39, 0.29) is 11.6 Å². The highest BCUT2D eigenvalue weighted by atomic mass is 35.5. The van der Waals surface area contributed by atoms with Crippen LogP contribution in [0.2, 0.25) is 0 Å². The van der Waals surface area contributed by atoms with Crippen molar-refractivity contribution in [2.75, 3.05) is 0 Å². The Bertz CT molecular complexity index is 1520. The van der Waals surface area contributed by atoms with Gasteiger partial charge in [-0.3, -0.25) is 14.4 Å². The van der Waals surface area contributed by atoms with Crippen LogP contribution in [-0.4, -0.2) is 22.8 Å². The Morgan fingerprint density at radius 3 is 1.47 bits per heavy atom. The number of carbonyl (C=O) groups excluding carboxylic acids is 4. The van der Waals surface area contributed by atoms with Crippen LogP contribution in [0.25, 0.3) is 12.2 Å². The van der Waals surface area contributed by atoms with E-state index in [1.165, 1.54) is 12.2 Å². The molecule has 0 unspecified atom stereocenters. The van der Waals surface area contributed by atoms with Gasteiger partial charge in [-0.25, -0.2) is 4.79 Å². The minimum Gasteiger partial charge on any atom is -0.423 e. The molecule has 0 spiro atoms. The summed E-state index contributed by atoms with van der Waals surface area (Å²) in [4.78, 5) is 48.3. The molecule has 0 aliphatic heterocycles. The lowest BCUT2D eigenvalue weighted by Gasteiger charge is -2.05. The van der Waals surface area contributed by atoms with E-state index in [1.807, 2.05) is 6.07 Å². The zero-order chi connectivity index (χ0) is 26.9. The third-order valence-corrected chi connectivity index (χ3v) is 5.76. The van der Waals surface area contributed by atoms with Crippen LogP contribution < -0.4 is 4.74 Å². The average molecular weight is 521 g/mol. The second-order valence-electron chi connectivity index (χ2n) is 8.19. The fourth-order valence-electron chi connectivity index (χ4n) is 3.45. The number of halogens is 1. The number of ether oxygens (including phenoxy) is 1. The van der Waals surface area contributed by atoms with Gasteiger partial charge in [0.2, 0.25) is 0 Å². The first-order valence-corrected chi connectivity index (χ1v) is 12.0. The number of carbonyl (C=O) groups is 4. The predicted octanol–water partition coefficient (Wildman–Crippen LogP) is 7.08. The average Bonchev–Trinajstić information content (AvgIpc) is 2.96. The number of hydrogen-bond acceptors (Lipinski definition) is 5. The molecular weight excluding hydrogens is 500 g/mol. The van der Waals surface area contributed by atoms with Crippen molar-refractivity contribution in [3.8, 4) is 5.75 Å². The monoisotopic (exact) mass is 520 g/mol. The summed E-state index contributed by atoms with van der Waals surface area (Å²) >= 11 is 5.43. The van der Waals surface area contributed by atoms with Crippen LogP contribution in [0.15, 0.2) is 115 Å². The first-order valence-electron chi connectivity index (χ1n) is 11.6. The zero-order valence-corrected chi connectivity index (χ0v) is 20.8. The molecule has 0 radical (unpaired) electrons. The van der Waals surface area contributed by atoms with Crippen molar-refractivity contribution >= 4 is 46.5 Å². The Labute approximate surface area is 224 Å². The fraction of sp³-hybridized carbons (Fsp3) is 0. The summed E-state index contributed by atoms with van der Waals surface area (Å²) in [6, 6.07) is 28.4. The Balaban J connectivity index is 1.32. The SMILES string of the molecule is O=C(Cl)c1ccc(C=CC(=O)c2ccc(OC(=O)c3ccc(C=CC(=O)c4ccccc4)cc3)cc2)cc1. The quantitative estimate of drug-likeness (QED) is 0.0774. The third-order valence-electron chi connectivity index (χ3n) is 5.55. The van der Waals surface area contributed by atoms with E-state index in [1.54, 1.807) is 109 Å². The second kappa shape index (κ2) is 12.4. The molecule has 186 valence electrons. The van der Waals surface area contributed by atoms with E-state index in [0.717, 1.165) is 11.1 Å². The Morgan fingerprint density at radius 1 is 0.526 bits per heavy atom. The Hall–Kier alpha value is -4.87. The molecule has 4 rings (SSSR count). The first-order chi connectivity index (χ1) is 18.4. The zero-order valence-electron chi connectivity index (χ0n) is 20.0. The van der Waals surface area contributed by atoms with Crippen LogP contribution in [0.1, 0.15) is 52.6 Å². The molecule has 0 saturated heterocycles. The summed E-state index contributed by atoms with van der Waals surface area (Å²) in [5, 5.41) is -0.543. The van der Waals surface area contributed by atoms with Crippen LogP contribution >= 0.6 is 11.6 Å². The maximum atomic E-state index is 12.5. The first kappa shape index (κ1) is 26.2. The molecule has 0 atom stereocenters. The lowest BCUT2D eigenvalue weighted by Crippen LogP contribution is -2.08. The summed E-state index contributed by atoms with van der Waals surface area (Å²) in [6.45, 7) is 0. The highest BCUT2D eigenvalue weighted by molar-refractivity contribution is 6.67. The molecule has 0 saturated carbocycles. The molecule has 0 N–H and O–H groups in total. The highest BCUT2D eigenvalue weighted by Gasteiger charge is 2.10. The van der Waals surface area contributed by atoms with Gasteiger partial charge >= 0.3 is 5.97 Å².